The van der Waals surface area contributed by atoms with Gasteiger partial charge in [-0.05, 0) is 42.7 Å². The van der Waals surface area contributed by atoms with Gasteiger partial charge in [0, 0.05) is 0 Å². The molecule has 0 aliphatic heterocycles. The highest BCUT2D eigenvalue weighted by atomic mass is 16.5. The first-order chi connectivity index (χ1) is 10.7. The van der Waals surface area contributed by atoms with Gasteiger partial charge in [0.1, 0.15) is 17.4 Å². The Hall–Kier alpha value is -2.87. The molecular formula is C17H17N3O2. The van der Waals surface area contributed by atoms with Gasteiger partial charge < -0.3 is 4.74 Å². The van der Waals surface area contributed by atoms with E-state index in [1.807, 2.05) is 36.4 Å². The second kappa shape index (κ2) is 7.23. The summed E-state index contributed by atoms with van der Waals surface area (Å²) in [5.41, 5.74) is 1.76. The molecule has 0 bridgehead atoms. The fourth-order valence-corrected chi connectivity index (χ4v) is 1.92. The number of nitrogens with one attached hydrogen (secondary N) is 1. The van der Waals surface area contributed by atoms with Gasteiger partial charge in [-0.15, -0.1) is 0 Å². The lowest BCUT2D eigenvalue weighted by atomic mass is 10.1. The molecule has 0 saturated heterocycles. The predicted molar refractivity (Wildman–Crippen MR) is 85.5 cm³/mol. The summed E-state index contributed by atoms with van der Waals surface area (Å²) in [7, 11) is 0. The SMILES string of the molecule is CCCOc1ccc(/C=C/c2n[nH]c(=O)c(C#N)c2C)cc1. The van der Waals surface area contributed by atoms with E-state index in [1.54, 1.807) is 13.0 Å². The monoisotopic (exact) mass is 295 g/mol. The van der Waals surface area contributed by atoms with Crippen LogP contribution in [-0.2, 0) is 0 Å². The van der Waals surface area contributed by atoms with Gasteiger partial charge in [-0.2, -0.15) is 10.4 Å². The zero-order chi connectivity index (χ0) is 15.9. The van der Waals surface area contributed by atoms with Gasteiger partial charge in [0.25, 0.3) is 5.56 Å². The maximum Gasteiger partial charge on any atom is 0.282 e. The van der Waals surface area contributed by atoms with Gasteiger partial charge in [0.2, 0.25) is 0 Å². The van der Waals surface area contributed by atoms with Crippen molar-refractivity contribution in [2.45, 2.75) is 20.3 Å². The van der Waals surface area contributed by atoms with Crippen molar-refractivity contribution in [1.29, 1.82) is 5.26 Å². The van der Waals surface area contributed by atoms with Crippen LogP contribution in [0.1, 0.15) is 35.7 Å². The van der Waals surface area contributed by atoms with E-state index >= 15 is 0 Å². The van der Waals surface area contributed by atoms with Crippen molar-refractivity contribution in [3.05, 3.63) is 57.0 Å². The van der Waals surface area contributed by atoms with Crippen LogP contribution in [0, 0.1) is 18.3 Å². The third-order valence-electron chi connectivity index (χ3n) is 3.16. The molecular weight excluding hydrogens is 278 g/mol. The molecule has 5 heteroatoms. The fraction of sp³-hybridized carbons (Fsp3) is 0.235. The van der Waals surface area contributed by atoms with Crippen molar-refractivity contribution in [3.8, 4) is 11.8 Å². The molecule has 2 aromatic rings. The quantitative estimate of drug-likeness (QED) is 0.919. The summed E-state index contributed by atoms with van der Waals surface area (Å²) in [6, 6.07) is 9.58. The topological polar surface area (TPSA) is 78.8 Å². The smallest absolute Gasteiger partial charge is 0.282 e. The van der Waals surface area contributed by atoms with E-state index < -0.39 is 5.56 Å². The van der Waals surface area contributed by atoms with Crippen LogP contribution >= 0.6 is 0 Å². The van der Waals surface area contributed by atoms with Gasteiger partial charge in [-0.1, -0.05) is 25.1 Å². The Labute approximate surface area is 128 Å². The Balaban J connectivity index is 2.19. The van der Waals surface area contributed by atoms with Crippen molar-refractivity contribution in [3.63, 3.8) is 0 Å². The molecule has 0 fully saturated rings. The van der Waals surface area contributed by atoms with Crippen LogP contribution < -0.4 is 10.3 Å². The highest BCUT2D eigenvalue weighted by Gasteiger charge is 2.07. The van der Waals surface area contributed by atoms with E-state index in [2.05, 4.69) is 17.1 Å². The molecule has 0 aliphatic rings. The van der Waals surface area contributed by atoms with Gasteiger partial charge in [-0.3, -0.25) is 4.79 Å². The minimum absolute atomic E-state index is 0.0953. The Morgan fingerprint density at radius 1 is 1.32 bits per heavy atom. The third-order valence-corrected chi connectivity index (χ3v) is 3.16. The van der Waals surface area contributed by atoms with Crippen molar-refractivity contribution >= 4 is 12.2 Å². The zero-order valence-corrected chi connectivity index (χ0v) is 12.6. The molecule has 22 heavy (non-hydrogen) atoms. The minimum Gasteiger partial charge on any atom is -0.494 e. The van der Waals surface area contributed by atoms with Gasteiger partial charge in [0.05, 0.1) is 12.3 Å². The molecule has 0 radical (unpaired) electrons. The average Bonchev–Trinajstić information content (AvgIpc) is 2.54. The van der Waals surface area contributed by atoms with E-state index in [1.165, 1.54) is 0 Å². The summed E-state index contributed by atoms with van der Waals surface area (Å²) in [6.07, 6.45) is 4.62. The average molecular weight is 295 g/mol. The molecule has 1 heterocycles. The predicted octanol–water partition coefficient (Wildman–Crippen LogP) is 2.91. The number of hydrogen-bond donors (Lipinski definition) is 1. The standard InChI is InChI=1S/C17H17N3O2/c1-3-10-22-14-7-4-13(5-8-14)6-9-16-12(2)15(11-18)17(21)20-19-16/h4-9H,3,10H2,1-2H3,(H,20,21)/b9-6+. The molecule has 0 atom stereocenters. The molecule has 0 spiro atoms. The first-order valence-electron chi connectivity index (χ1n) is 7.06. The number of H-pyrrole nitrogens is 1. The number of nitriles is 1. The summed E-state index contributed by atoms with van der Waals surface area (Å²) in [4.78, 5) is 11.4. The number of aromatic nitrogens is 2. The van der Waals surface area contributed by atoms with E-state index in [0.717, 1.165) is 17.7 Å². The molecule has 1 aromatic carbocycles. The summed E-state index contributed by atoms with van der Waals surface area (Å²) in [5.74, 6) is 0.837. The first-order valence-corrected chi connectivity index (χ1v) is 7.06. The Kier molecular flexibility index (Phi) is 5.10. The summed E-state index contributed by atoms with van der Waals surface area (Å²) < 4.78 is 5.52. The van der Waals surface area contributed by atoms with Crippen molar-refractivity contribution in [2.24, 2.45) is 0 Å². The number of hydrogen-bond acceptors (Lipinski definition) is 4. The fourth-order valence-electron chi connectivity index (χ4n) is 1.92. The summed E-state index contributed by atoms with van der Waals surface area (Å²) in [5, 5.41) is 15.3. The molecule has 0 saturated carbocycles. The van der Waals surface area contributed by atoms with Crippen LogP contribution in [0.3, 0.4) is 0 Å². The Morgan fingerprint density at radius 3 is 2.68 bits per heavy atom. The lowest BCUT2D eigenvalue weighted by Crippen LogP contribution is -2.15. The van der Waals surface area contributed by atoms with E-state index in [4.69, 9.17) is 10.00 Å². The summed E-state index contributed by atoms with van der Waals surface area (Å²) >= 11 is 0. The van der Waals surface area contributed by atoms with Crippen LogP contribution in [0.4, 0.5) is 0 Å². The van der Waals surface area contributed by atoms with Crippen molar-refractivity contribution < 1.29 is 4.74 Å². The van der Waals surface area contributed by atoms with Crippen LogP contribution in [-0.4, -0.2) is 16.8 Å². The number of benzene rings is 1. The maximum atomic E-state index is 11.4. The first kappa shape index (κ1) is 15.5. The van der Waals surface area contributed by atoms with E-state index in [9.17, 15) is 4.79 Å². The zero-order valence-electron chi connectivity index (χ0n) is 12.6. The molecule has 1 aromatic heterocycles. The van der Waals surface area contributed by atoms with Gasteiger partial charge in [-0.25, -0.2) is 5.10 Å². The number of nitrogens with zero attached hydrogens (tertiary/aromatic N) is 2. The second-order valence-electron chi connectivity index (χ2n) is 4.80. The van der Waals surface area contributed by atoms with Crippen molar-refractivity contribution in [2.75, 3.05) is 6.61 Å². The van der Waals surface area contributed by atoms with E-state index in [-0.39, 0.29) is 5.56 Å². The normalized spacial score (nSPS) is 10.6. The highest BCUT2D eigenvalue weighted by molar-refractivity contribution is 5.70. The molecule has 0 aliphatic carbocycles. The van der Waals surface area contributed by atoms with Gasteiger partial charge in [0.15, 0.2) is 0 Å². The van der Waals surface area contributed by atoms with Crippen LogP contribution in [0.2, 0.25) is 0 Å². The molecule has 0 unspecified atom stereocenters. The molecule has 0 amide bonds. The summed E-state index contributed by atoms with van der Waals surface area (Å²) in [6.45, 7) is 4.47. The van der Waals surface area contributed by atoms with Gasteiger partial charge >= 0.3 is 0 Å². The number of rotatable bonds is 5. The van der Waals surface area contributed by atoms with E-state index in [0.29, 0.717) is 17.9 Å². The Morgan fingerprint density at radius 2 is 2.05 bits per heavy atom. The number of aromatic amines is 1. The molecule has 112 valence electrons. The Bertz CT molecular complexity index is 768. The highest BCUT2D eigenvalue weighted by Crippen LogP contribution is 2.15. The molecule has 1 N–H and O–H groups in total. The molecule has 2 rings (SSSR count). The van der Waals surface area contributed by atoms with Crippen LogP contribution in [0.25, 0.3) is 12.2 Å². The third kappa shape index (κ3) is 3.61. The number of ether oxygens (including phenoxy) is 1. The van der Waals surface area contributed by atoms with Crippen LogP contribution in [0.15, 0.2) is 29.1 Å². The molecule has 5 nitrogen and oxygen atoms in total. The second-order valence-corrected chi connectivity index (χ2v) is 4.80. The minimum atomic E-state index is -0.463. The maximum absolute atomic E-state index is 11.4. The largest absolute Gasteiger partial charge is 0.494 e. The lowest BCUT2D eigenvalue weighted by molar-refractivity contribution is 0.317. The van der Waals surface area contributed by atoms with Crippen molar-refractivity contribution in [1.82, 2.24) is 10.2 Å². The lowest BCUT2D eigenvalue weighted by Gasteiger charge is -2.04. The van der Waals surface area contributed by atoms with Crippen LogP contribution in [0.5, 0.6) is 5.75 Å².